The smallest absolute Gasteiger partial charge is 0.220 e. The van der Waals surface area contributed by atoms with E-state index >= 15 is 0 Å². The summed E-state index contributed by atoms with van der Waals surface area (Å²) in [7, 11) is 0. The summed E-state index contributed by atoms with van der Waals surface area (Å²) >= 11 is 0. The molecule has 0 radical (unpaired) electrons. The quantitative estimate of drug-likeness (QED) is 0.0204. The van der Waals surface area contributed by atoms with Crippen LogP contribution in [0, 0.1) is 0 Å². The molecule has 1 amide bonds. The van der Waals surface area contributed by atoms with Crippen LogP contribution in [0.2, 0.25) is 0 Å². The third kappa shape index (κ3) is 41.6. The van der Waals surface area contributed by atoms with Gasteiger partial charge in [0, 0.05) is 6.42 Å². The number of ether oxygens (including phenoxy) is 4. The third-order valence-electron chi connectivity index (χ3n) is 17.1. The van der Waals surface area contributed by atoms with E-state index in [1.54, 1.807) is 0 Å². The third-order valence-corrected chi connectivity index (χ3v) is 17.1. The highest BCUT2D eigenvalue weighted by Crippen LogP contribution is 2.30. The number of amides is 1. The molecule has 2 aliphatic heterocycles. The van der Waals surface area contributed by atoms with Crippen molar-refractivity contribution in [1.82, 2.24) is 5.32 Å². The molecule has 2 heterocycles. The van der Waals surface area contributed by atoms with E-state index in [1.165, 1.54) is 154 Å². The lowest BCUT2D eigenvalue weighted by Crippen LogP contribution is -2.65. The minimum absolute atomic E-state index is 0.208. The Labute approximate surface area is 535 Å². The molecule has 9 N–H and O–H groups in total. The van der Waals surface area contributed by atoms with E-state index in [2.05, 4.69) is 104 Å². The second-order valence-electron chi connectivity index (χ2n) is 25.0. The van der Waals surface area contributed by atoms with Crippen LogP contribution in [0.5, 0.6) is 0 Å². The van der Waals surface area contributed by atoms with Gasteiger partial charge >= 0.3 is 0 Å². The van der Waals surface area contributed by atoms with E-state index in [1.807, 2.05) is 0 Å². The topological polar surface area (TPSA) is 228 Å². The van der Waals surface area contributed by atoms with E-state index in [9.17, 15) is 45.6 Å². The first-order valence-corrected chi connectivity index (χ1v) is 35.8. The van der Waals surface area contributed by atoms with Crippen LogP contribution in [0.25, 0.3) is 0 Å². The van der Waals surface area contributed by atoms with E-state index in [0.717, 1.165) is 103 Å². The molecule has 2 rings (SSSR count). The number of carbonyl (C=O) groups is 1. The highest BCUT2D eigenvalue weighted by Gasteiger charge is 2.51. The lowest BCUT2D eigenvalue weighted by molar-refractivity contribution is -0.359. The van der Waals surface area contributed by atoms with Crippen molar-refractivity contribution in [3.63, 3.8) is 0 Å². The highest BCUT2D eigenvalue weighted by molar-refractivity contribution is 5.76. The average Bonchev–Trinajstić information content (AvgIpc) is 1.84. The van der Waals surface area contributed by atoms with Crippen molar-refractivity contribution in [1.29, 1.82) is 0 Å². The van der Waals surface area contributed by atoms with Crippen LogP contribution in [-0.2, 0) is 23.7 Å². The van der Waals surface area contributed by atoms with Crippen LogP contribution in [-0.4, -0.2) is 140 Å². The molecule has 2 fully saturated rings. The van der Waals surface area contributed by atoms with Gasteiger partial charge in [0.1, 0.15) is 48.8 Å². The number of rotatable bonds is 58. The number of carbonyl (C=O) groups excluding carboxylic acids is 1. The number of unbranched alkanes of at least 4 members (excludes halogenated alkanes) is 31. The molecule has 0 spiro atoms. The molecular formula is C74H131NO13. The average molecular weight is 1240 g/mol. The summed E-state index contributed by atoms with van der Waals surface area (Å²) in [5, 5.41) is 87.6. The molecule has 0 bridgehead atoms. The second kappa shape index (κ2) is 58.0. The number of hydrogen-bond donors (Lipinski definition) is 9. The Morgan fingerprint density at radius 1 is 0.420 bits per heavy atom. The fourth-order valence-corrected chi connectivity index (χ4v) is 11.5. The van der Waals surface area contributed by atoms with Crippen LogP contribution in [0.3, 0.4) is 0 Å². The van der Waals surface area contributed by atoms with Crippen LogP contribution in [0.1, 0.15) is 284 Å². The molecule has 2 saturated heterocycles. The van der Waals surface area contributed by atoms with Gasteiger partial charge < -0.3 is 65.1 Å². The lowest BCUT2D eigenvalue weighted by Gasteiger charge is -2.46. The number of hydrogen-bond acceptors (Lipinski definition) is 13. The Morgan fingerprint density at radius 2 is 0.784 bits per heavy atom. The van der Waals surface area contributed by atoms with Gasteiger partial charge in [0.05, 0.1) is 32.0 Å². The molecule has 0 aromatic rings. The van der Waals surface area contributed by atoms with Gasteiger partial charge in [0.2, 0.25) is 5.91 Å². The predicted octanol–water partition coefficient (Wildman–Crippen LogP) is 14.8. The zero-order chi connectivity index (χ0) is 63.8. The summed E-state index contributed by atoms with van der Waals surface area (Å²) in [5.74, 6) is -0.208. The Kier molecular flexibility index (Phi) is 53.6. The molecule has 0 aromatic carbocycles. The summed E-state index contributed by atoms with van der Waals surface area (Å²) in [6, 6.07) is -0.834. The van der Waals surface area contributed by atoms with Crippen molar-refractivity contribution in [2.75, 3.05) is 19.8 Å². The molecule has 12 atom stereocenters. The van der Waals surface area contributed by atoms with Crippen molar-refractivity contribution in [2.45, 2.75) is 357 Å². The molecule has 12 unspecified atom stereocenters. The molecular weight excluding hydrogens is 1110 g/mol. The van der Waals surface area contributed by atoms with Crippen molar-refractivity contribution >= 4 is 5.91 Å². The van der Waals surface area contributed by atoms with Gasteiger partial charge in [-0.2, -0.15) is 0 Å². The van der Waals surface area contributed by atoms with Crippen molar-refractivity contribution in [3.8, 4) is 0 Å². The Hall–Kier alpha value is -2.83. The zero-order valence-corrected chi connectivity index (χ0v) is 55.4. The number of nitrogens with one attached hydrogen (secondary N) is 1. The highest BCUT2D eigenvalue weighted by atomic mass is 16.7. The van der Waals surface area contributed by atoms with Gasteiger partial charge in [0.15, 0.2) is 12.6 Å². The van der Waals surface area contributed by atoms with Gasteiger partial charge in [-0.25, -0.2) is 0 Å². The van der Waals surface area contributed by atoms with Gasteiger partial charge in [-0.05, 0) is 70.6 Å². The summed E-state index contributed by atoms with van der Waals surface area (Å²) in [6.45, 7) is 2.77. The fraction of sp³-hybridized carbons (Fsp3) is 0.797. The van der Waals surface area contributed by atoms with E-state index in [-0.39, 0.29) is 12.5 Å². The standard InChI is InChI=1S/C74H131NO13/c1-3-5-7-9-11-13-15-17-19-21-23-24-25-26-27-28-29-30-31-32-33-34-35-36-37-38-40-42-44-46-48-50-52-54-56-58-66(79)75-62(63(78)57-55-53-51-49-47-45-43-41-39-22-20-18-16-14-12-10-8-6-4-2)61-85-73-71(84)69(82)72(65(60-77)87-73)88-74-70(83)68(81)67(80)64(59-76)86-74/h5,7,11,13,17,19,23-24,26-27,29-30,32-33,62-65,67-74,76-78,80-84H,3-4,6,8-10,12,14-16,18,20-22,25,28,31,34-61H2,1-2H3,(H,75,79)/b7-5-,13-11-,19-17-,24-23-,27-26-,30-29-,33-32-. The minimum Gasteiger partial charge on any atom is -0.394 e. The van der Waals surface area contributed by atoms with Gasteiger partial charge in [-0.15, -0.1) is 0 Å². The van der Waals surface area contributed by atoms with Crippen LogP contribution >= 0.6 is 0 Å². The SMILES string of the molecule is CC/C=C\C/C=C\C/C=C\C/C=C\C/C=C\C/C=C\C/C=C\CCCCCCCCCCCCCCCC(=O)NC(COC1OC(CO)C(OC2OC(CO)C(O)C(O)C2O)C(O)C1O)C(O)CCCCCCCCCCCCCCCCCCCCC. The number of aliphatic hydroxyl groups is 8. The molecule has 88 heavy (non-hydrogen) atoms. The fourth-order valence-electron chi connectivity index (χ4n) is 11.5. The molecule has 0 aliphatic carbocycles. The number of aliphatic hydroxyl groups excluding tert-OH is 8. The molecule has 0 aromatic heterocycles. The molecule has 2 aliphatic rings. The van der Waals surface area contributed by atoms with Crippen molar-refractivity contribution in [2.24, 2.45) is 0 Å². The Balaban J connectivity index is 1.63. The maximum absolute atomic E-state index is 13.4. The van der Waals surface area contributed by atoms with E-state index < -0.39 is 86.8 Å². The summed E-state index contributed by atoms with van der Waals surface area (Å²) in [5.41, 5.74) is 0. The summed E-state index contributed by atoms with van der Waals surface area (Å²) in [4.78, 5) is 13.4. The molecule has 0 saturated carbocycles. The van der Waals surface area contributed by atoms with Crippen LogP contribution in [0.4, 0.5) is 0 Å². The normalized spacial score (nSPS) is 23.7. The summed E-state index contributed by atoms with van der Waals surface area (Å²) in [6.07, 6.45) is 63.0. The first-order chi connectivity index (χ1) is 43.1. The zero-order valence-electron chi connectivity index (χ0n) is 55.4. The van der Waals surface area contributed by atoms with Gasteiger partial charge in [-0.3, -0.25) is 4.79 Å². The monoisotopic (exact) mass is 1240 g/mol. The first-order valence-electron chi connectivity index (χ1n) is 35.8. The van der Waals surface area contributed by atoms with Crippen molar-refractivity contribution < 1.29 is 64.6 Å². The van der Waals surface area contributed by atoms with E-state index in [4.69, 9.17) is 18.9 Å². The molecule has 14 nitrogen and oxygen atoms in total. The van der Waals surface area contributed by atoms with Crippen LogP contribution < -0.4 is 5.32 Å². The number of allylic oxidation sites excluding steroid dienone is 14. The lowest BCUT2D eigenvalue weighted by atomic mass is 9.97. The predicted molar refractivity (Wildman–Crippen MR) is 360 cm³/mol. The second-order valence-corrected chi connectivity index (χ2v) is 25.0. The van der Waals surface area contributed by atoms with Gasteiger partial charge in [0.25, 0.3) is 0 Å². The Morgan fingerprint density at radius 3 is 1.20 bits per heavy atom. The first kappa shape index (κ1) is 81.3. The maximum atomic E-state index is 13.4. The van der Waals surface area contributed by atoms with Crippen LogP contribution in [0.15, 0.2) is 85.1 Å². The van der Waals surface area contributed by atoms with Gasteiger partial charge in [-0.1, -0.05) is 292 Å². The molecule has 14 heteroatoms. The minimum atomic E-state index is -1.79. The van der Waals surface area contributed by atoms with E-state index in [0.29, 0.717) is 12.8 Å². The van der Waals surface area contributed by atoms with Crippen molar-refractivity contribution in [3.05, 3.63) is 85.1 Å². The summed E-state index contributed by atoms with van der Waals surface area (Å²) < 4.78 is 22.9. The largest absolute Gasteiger partial charge is 0.394 e. The Bertz CT molecular complexity index is 1800. The molecule has 510 valence electrons. The maximum Gasteiger partial charge on any atom is 0.220 e.